The molecule has 1 amide bonds. The first-order valence-corrected chi connectivity index (χ1v) is 6.12. The Balaban J connectivity index is 1.97. The maximum atomic E-state index is 12.5. The van der Waals surface area contributed by atoms with Gasteiger partial charge in [-0.2, -0.15) is 0 Å². The van der Waals surface area contributed by atoms with Gasteiger partial charge in [0.1, 0.15) is 17.7 Å². The molecule has 20 heavy (non-hydrogen) atoms. The molecule has 2 heterocycles. The fraction of sp³-hybridized carbons (Fsp3) is 0.0667. The summed E-state index contributed by atoms with van der Waals surface area (Å²) >= 11 is 0. The molecule has 0 aliphatic carbocycles. The molecule has 0 bridgehead atoms. The van der Waals surface area contributed by atoms with Crippen LogP contribution >= 0.6 is 0 Å². The molecule has 0 aliphatic rings. The van der Waals surface area contributed by atoms with E-state index in [1.807, 2.05) is 24.3 Å². The van der Waals surface area contributed by atoms with Crippen LogP contribution in [-0.2, 0) is 0 Å². The SMILES string of the molecule is CN(C(=O)c1coc2ccccc12)c1ccc(N)cn1. The van der Waals surface area contributed by atoms with Crippen molar-refractivity contribution in [3.05, 3.63) is 54.4 Å². The quantitative estimate of drug-likeness (QED) is 0.774. The highest BCUT2D eigenvalue weighted by Crippen LogP contribution is 2.23. The van der Waals surface area contributed by atoms with Crippen molar-refractivity contribution in [2.24, 2.45) is 0 Å². The Kier molecular flexibility index (Phi) is 2.87. The summed E-state index contributed by atoms with van der Waals surface area (Å²) in [5.74, 6) is 0.363. The van der Waals surface area contributed by atoms with Crippen molar-refractivity contribution in [3.8, 4) is 0 Å². The molecule has 0 fully saturated rings. The molecule has 3 aromatic rings. The van der Waals surface area contributed by atoms with Gasteiger partial charge < -0.3 is 10.2 Å². The minimum absolute atomic E-state index is 0.174. The van der Waals surface area contributed by atoms with Crippen molar-refractivity contribution in [2.75, 3.05) is 17.7 Å². The summed E-state index contributed by atoms with van der Waals surface area (Å²) in [7, 11) is 1.67. The van der Waals surface area contributed by atoms with Crippen LogP contribution in [-0.4, -0.2) is 17.9 Å². The third-order valence-electron chi connectivity index (χ3n) is 3.13. The van der Waals surface area contributed by atoms with Crippen LogP contribution in [0.25, 0.3) is 11.0 Å². The van der Waals surface area contributed by atoms with Crippen molar-refractivity contribution < 1.29 is 9.21 Å². The third-order valence-corrected chi connectivity index (χ3v) is 3.13. The molecule has 0 saturated heterocycles. The first-order chi connectivity index (χ1) is 9.66. The zero-order chi connectivity index (χ0) is 14.1. The molecule has 0 aliphatic heterocycles. The van der Waals surface area contributed by atoms with E-state index in [4.69, 9.17) is 10.2 Å². The van der Waals surface area contributed by atoms with E-state index in [1.165, 1.54) is 17.4 Å². The number of carbonyl (C=O) groups excluding carboxylic acids is 1. The van der Waals surface area contributed by atoms with E-state index in [0.29, 0.717) is 22.7 Å². The van der Waals surface area contributed by atoms with E-state index in [1.54, 1.807) is 19.2 Å². The Morgan fingerprint density at radius 1 is 1.25 bits per heavy atom. The largest absolute Gasteiger partial charge is 0.463 e. The number of pyridine rings is 1. The number of rotatable bonds is 2. The minimum Gasteiger partial charge on any atom is -0.463 e. The third kappa shape index (κ3) is 1.99. The second-order valence-electron chi connectivity index (χ2n) is 4.46. The van der Waals surface area contributed by atoms with Crippen molar-refractivity contribution in [2.45, 2.75) is 0 Å². The summed E-state index contributed by atoms with van der Waals surface area (Å²) in [5, 5.41) is 0.791. The van der Waals surface area contributed by atoms with Crippen LogP contribution in [0.15, 0.2) is 53.3 Å². The van der Waals surface area contributed by atoms with Gasteiger partial charge in [0, 0.05) is 12.4 Å². The van der Waals surface area contributed by atoms with E-state index < -0.39 is 0 Å². The van der Waals surface area contributed by atoms with E-state index >= 15 is 0 Å². The molecule has 0 saturated carbocycles. The number of carbonyl (C=O) groups is 1. The Bertz CT molecular complexity index is 762. The van der Waals surface area contributed by atoms with Gasteiger partial charge in [0.05, 0.1) is 17.4 Å². The van der Waals surface area contributed by atoms with Gasteiger partial charge in [0.25, 0.3) is 5.91 Å². The Labute approximate surface area is 115 Å². The number of nitrogen functional groups attached to an aromatic ring is 1. The van der Waals surface area contributed by atoms with E-state index in [9.17, 15) is 4.79 Å². The fourth-order valence-corrected chi connectivity index (χ4v) is 2.02. The summed E-state index contributed by atoms with van der Waals surface area (Å²) in [4.78, 5) is 18.1. The molecule has 0 atom stereocenters. The molecule has 0 unspecified atom stereocenters. The van der Waals surface area contributed by atoms with Gasteiger partial charge in [-0.1, -0.05) is 18.2 Å². The number of benzene rings is 1. The fourth-order valence-electron chi connectivity index (χ4n) is 2.02. The van der Waals surface area contributed by atoms with Gasteiger partial charge in [-0.3, -0.25) is 9.69 Å². The normalized spacial score (nSPS) is 10.7. The van der Waals surface area contributed by atoms with Gasteiger partial charge in [-0.25, -0.2) is 4.98 Å². The monoisotopic (exact) mass is 267 g/mol. The first-order valence-electron chi connectivity index (χ1n) is 6.12. The Morgan fingerprint density at radius 2 is 2.05 bits per heavy atom. The summed E-state index contributed by atoms with van der Waals surface area (Å²) in [6.45, 7) is 0. The maximum absolute atomic E-state index is 12.5. The zero-order valence-electron chi connectivity index (χ0n) is 10.9. The predicted octanol–water partition coefficient (Wildman–Crippen LogP) is 2.69. The molecular weight excluding hydrogens is 254 g/mol. The summed E-state index contributed by atoms with van der Waals surface area (Å²) in [6.07, 6.45) is 2.99. The number of anilines is 2. The predicted molar refractivity (Wildman–Crippen MR) is 77.6 cm³/mol. The number of nitrogens with zero attached hydrogens (tertiary/aromatic N) is 2. The average molecular weight is 267 g/mol. The van der Waals surface area contributed by atoms with E-state index in [2.05, 4.69) is 4.98 Å². The van der Waals surface area contributed by atoms with Gasteiger partial charge in [-0.15, -0.1) is 0 Å². The van der Waals surface area contributed by atoms with Gasteiger partial charge >= 0.3 is 0 Å². The highest BCUT2D eigenvalue weighted by molar-refractivity contribution is 6.12. The molecule has 100 valence electrons. The second kappa shape index (κ2) is 4.70. The van der Waals surface area contributed by atoms with Crippen LogP contribution in [0.4, 0.5) is 11.5 Å². The summed E-state index contributed by atoms with van der Waals surface area (Å²) in [6, 6.07) is 10.8. The first kappa shape index (κ1) is 12.2. The van der Waals surface area contributed by atoms with Gasteiger partial charge in [0.2, 0.25) is 0 Å². The molecule has 0 spiro atoms. The van der Waals surface area contributed by atoms with Crippen molar-refractivity contribution in [3.63, 3.8) is 0 Å². The van der Waals surface area contributed by atoms with Gasteiger partial charge in [-0.05, 0) is 18.2 Å². The van der Waals surface area contributed by atoms with Crippen molar-refractivity contribution in [1.82, 2.24) is 4.98 Å². The highest BCUT2D eigenvalue weighted by Gasteiger charge is 2.19. The highest BCUT2D eigenvalue weighted by atomic mass is 16.3. The molecule has 3 rings (SSSR count). The number of hydrogen-bond acceptors (Lipinski definition) is 4. The number of fused-ring (bicyclic) bond motifs is 1. The van der Waals surface area contributed by atoms with Gasteiger partial charge in [0.15, 0.2) is 0 Å². The van der Waals surface area contributed by atoms with E-state index in [0.717, 1.165) is 5.39 Å². The lowest BCUT2D eigenvalue weighted by Crippen LogP contribution is -2.26. The molecule has 5 heteroatoms. The minimum atomic E-state index is -0.174. The number of para-hydroxylation sites is 1. The Morgan fingerprint density at radius 3 is 2.80 bits per heavy atom. The number of hydrogen-bond donors (Lipinski definition) is 1. The standard InChI is InChI=1S/C15H13N3O2/c1-18(14-7-6-10(16)8-17-14)15(19)12-9-20-13-5-3-2-4-11(12)13/h2-9H,16H2,1H3. The molecule has 2 N–H and O–H groups in total. The van der Waals surface area contributed by atoms with Crippen LogP contribution < -0.4 is 10.6 Å². The molecule has 0 radical (unpaired) electrons. The summed E-state index contributed by atoms with van der Waals surface area (Å²) in [5.41, 5.74) is 7.35. The number of aromatic nitrogens is 1. The lowest BCUT2D eigenvalue weighted by molar-refractivity contribution is 0.0993. The van der Waals surface area contributed by atoms with Crippen LogP contribution in [0.1, 0.15) is 10.4 Å². The van der Waals surface area contributed by atoms with Crippen LogP contribution in [0.3, 0.4) is 0 Å². The second-order valence-corrected chi connectivity index (χ2v) is 4.46. The summed E-state index contributed by atoms with van der Waals surface area (Å²) < 4.78 is 5.39. The Hall–Kier alpha value is -2.82. The smallest absolute Gasteiger partial charge is 0.263 e. The molecular formula is C15H13N3O2. The maximum Gasteiger partial charge on any atom is 0.263 e. The molecule has 2 aromatic heterocycles. The average Bonchev–Trinajstić information content (AvgIpc) is 2.90. The van der Waals surface area contributed by atoms with Crippen LogP contribution in [0.2, 0.25) is 0 Å². The lowest BCUT2D eigenvalue weighted by atomic mass is 10.1. The number of nitrogens with two attached hydrogens (primary N) is 1. The lowest BCUT2D eigenvalue weighted by Gasteiger charge is -2.15. The molecule has 5 nitrogen and oxygen atoms in total. The topological polar surface area (TPSA) is 72.4 Å². The van der Waals surface area contributed by atoms with Crippen LogP contribution in [0.5, 0.6) is 0 Å². The van der Waals surface area contributed by atoms with Crippen LogP contribution in [0, 0.1) is 0 Å². The zero-order valence-corrected chi connectivity index (χ0v) is 10.9. The van der Waals surface area contributed by atoms with Crippen molar-refractivity contribution in [1.29, 1.82) is 0 Å². The van der Waals surface area contributed by atoms with E-state index in [-0.39, 0.29) is 5.91 Å². The molecule has 1 aromatic carbocycles. The van der Waals surface area contributed by atoms with Crippen molar-refractivity contribution >= 4 is 28.4 Å². The number of amides is 1. The number of furan rings is 1.